The molecule has 0 spiro atoms. The van der Waals surface area contributed by atoms with Crippen molar-refractivity contribution in [1.82, 2.24) is 9.88 Å². The van der Waals surface area contributed by atoms with Crippen molar-refractivity contribution in [3.05, 3.63) is 42.2 Å². The Morgan fingerprint density at radius 1 is 1.53 bits per heavy atom. The predicted molar refractivity (Wildman–Crippen MR) is 58.1 cm³/mol. The van der Waals surface area contributed by atoms with Gasteiger partial charge in [0.1, 0.15) is 0 Å². The summed E-state index contributed by atoms with van der Waals surface area (Å²) in [6.07, 6.45) is 8.62. The number of nitrogens with zero attached hydrogens (tertiary/aromatic N) is 2. The van der Waals surface area contributed by atoms with Gasteiger partial charge < -0.3 is 4.90 Å². The van der Waals surface area contributed by atoms with Crippen LogP contribution in [0.25, 0.3) is 0 Å². The van der Waals surface area contributed by atoms with Gasteiger partial charge in [0, 0.05) is 25.9 Å². The Hall–Kier alpha value is -1.64. The van der Waals surface area contributed by atoms with Crippen molar-refractivity contribution < 1.29 is 4.79 Å². The number of rotatable bonds is 1. The lowest BCUT2D eigenvalue weighted by Crippen LogP contribution is -2.35. The monoisotopic (exact) mass is 202 g/mol. The second-order valence-corrected chi connectivity index (χ2v) is 3.68. The number of pyridine rings is 1. The van der Waals surface area contributed by atoms with Crippen LogP contribution in [0.1, 0.15) is 24.9 Å². The molecule has 0 radical (unpaired) electrons. The molecule has 1 aliphatic rings. The minimum absolute atomic E-state index is 0.119. The normalized spacial score (nSPS) is 20.3. The maximum absolute atomic E-state index is 11.5. The summed E-state index contributed by atoms with van der Waals surface area (Å²) >= 11 is 0. The van der Waals surface area contributed by atoms with E-state index >= 15 is 0 Å². The minimum atomic E-state index is 0.119. The summed E-state index contributed by atoms with van der Waals surface area (Å²) in [6.45, 7) is 2.32. The van der Waals surface area contributed by atoms with E-state index in [1.54, 1.807) is 13.1 Å². The predicted octanol–water partition coefficient (Wildman–Crippen LogP) is 1.93. The fourth-order valence-corrected chi connectivity index (χ4v) is 1.90. The van der Waals surface area contributed by atoms with Gasteiger partial charge in [0.15, 0.2) is 0 Å². The Kier molecular flexibility index (Phi) is 2.81. The van der Waals surface area contributed by atoms with Gasteiger partial charge >= 0.3 is 0 Å². The van der Waals surface area contributed by atoms with Crippen LogP contribution in [-0.4, -0.2) is 22.3 Å². The molecule has 2 rings (SSSR count). The van der Waals surface area contributed by atoms with Crippen molar-refractivity contribution in [3.8, 4) is 0 Å². The van der Waals surface area contributed by atoms with Crippen LogP contribution in [0.2, 0.25) is 0 Å². The molecular weight excluding hydrogens is 188 g/mol. The molecule has 2 heterocycles. The van der Waals surface area contributed by atoms with Crippen LogP contribution >= 0.6 is 0 Å². The number of amides is 1. The zero-order valence-electron chi connectivity index (χ0n) is 8.76. The lowest BCUT2D eigenvalue weighted by molar-refractivity contribution is -0.130. The first-order valence-corrected chi connectivity index (χ1v) is 5.11. The van der Waals surface area contributed by atoms with E-state index in [0.29, 0.717) is 6.54 Å². The third-order valence-electron chi connectivity index (χ3n) is 2.68. The molecule has 15 heavy (non-hydrogen) atoms. The van der Waals surface area contributed by atoms with Gasteiger partial charge in [-0.3, -0.25) is 9.78 Å². The van der Waals surface area contributed by atoms with Crippen LogP contribution < -0.4 is 0 Å². The van der Waals surface area contributed by atoms with E-state index in [-0.39, 0.29) is 11.9 Å². The first-order valence-electron chi connectivity index (χ1n) is 5.11. The zero-order chi connectivity index (χ0) is 10.7. The highest BCUT2D eigenvalue weighted by molar-refractivity contribution is 5.74. The highest BCUT2D eigenvalue weighted by Crippen LogP contribution is 2.26. The number of carbonyl (C=O) groups is 1. The lowest BCUT2D eigenvalue weighted by atomic mass is 10.0. The van der Waals surface area contributed by atoms with E-state index in [9.17, 15) is 4.79 Å². The molecule has 0 aliphatic carbocycles. The average Bonchev–Trinajstić information content (AvgIpc) is 2.30. The summed E-state index contributed by atoms with van der Waals surface area (Å²) in [7, 11) is 0. The van der Waals surface area contributed by atoms with E-state index in [1.165, 1.54) is 0 Å². The van der Waals surface area contributed by atoms with Crippen LogP contribution in [0, 0.1) is 0 Å². The summed E-state index contributed by atoms with van der Waals surface area (Å²) < 4.78 is 0. The molecule has 1 atom stereocenters. The van der Waals surface area contributed by atoms with E-state index in [2.05, 4.69) is 11.1 Å². The van der Waals surface area contributed by atoms with Crippen LogP contribution in [-0.2, 0) is 4.79 Å². The quantitative estimate of drug-likeness (QED) is 0.652. The maximum Gasteiger partial charge on any atom is 0.220 e. The van der Waals surface area contributed by atoms with Crippen molar-refractivity contribution in [3.63, 3.8) is 0 Å². The smallest absolute Gasteiger partial charge is 0.220 e. The molecule has 0 aromatic carbocycles. The Morgan fingerprint density at radius 2 is 2.40 bits per heavy atom. The molecule has 1 unspecified atom stereocenters. The third kappa shape index (κ3) is 2.06. The molecule has 0 fully saturated rings. The average molecular weight is 202 g/mol. The third-order valence-corrected chi connectivity index (χ3v) is 2.68. The SMILES string of the molecule is CC(=O)N1CC=CCC1c1cccnc1. The second-order valence-electron chi connectivity index (χ2n) is 3.68. The number of hydrogen-bond donors (Lipinski definition) is 0. The van der Waals surface area contributed by atoms with Gasteiger partial charge in [-0.05, 0) is 18.1 Å². The summed E-state index contributed by atoms with van der Waals surface area (Å²) in [5.74, 6) is 0.119. The van der Waals surface area contributed by atoms with Crippen LogP contribution in [0.3, 0.4) is 0 Å². The molecular formula is C12H14N2O. The van der Waals surface area contributed by atoms with Crippen LogP contribution in [0.5, 0.6) is 0 Å². The maximum atomic E-state index is 11.5. The molecule has 3 nitrogen and oxygen atoms in total. The Morgan fingerprint density at radius 3 is 3.07 bits per heavy atom. The lowest BCUT2D eigenvalue weighted by Gasteiger charge is -2.32. The Bertz CT molecular complexity index is 372. The highest BCUT2D eigenvalue weighted by atomic mass is 16.2. The topological polar surface area (TPSA) is 33.2 Å². The van der Waals surface area contributed by atoms with Gasteiger partial charge in [0.2, 0.25) is 5.91 Å². The Labute approximate surface area is 89.4 Å². The molecule has 1 amide bonds. The molecule has 1 aromatic rings. The highest BCUT2D eigenvalue weighted by Gasteiger charge is 2.22. The van der Waals surface area contributed by atoms with Gasteiger partial charge in [0.25, 0.3) is 0 Å². The van der Waals surface area contributed by atoms with E-state index in [0.717, 1.165) is 12.0 Å². The molecule has 1 aliphatic heterocycles. The Balaban J connectivity index is 2.27. The molecule has 3 heteroatoms. The number of aromatic nitrogens is 1. The number of hydrogen-bond acceptors (Lipinski definition) is 2. The van der Waals surface area contributed by atoms with Gasteiger partial charge in [-0.1, -0.05) is 18.2 Å². The van der Waals surface area contributed by atoms with Gasteiger partial charge in [-0.25, -0.2) is 0 Å². The summed E-state index contributed by atoms with van der Waals surface area (Å²) in [5.41, 5.74) is 1.11. The second kappa shape index (κ2) is 4.26. The van der Waals surface area contributed by atoms with E-state index < -0.39 is 0 Å². The van der Waals surface area contributed by atoms with Crippen molar-refractivity contribution in [2.24, 2.45) is 0 Å². The summed E-state index contributed by atoms with van der Waals surface area (Å²) in [4.78, 5) is 17.4. The van der Waals surface area contributed by atoms with Gasteiger partial charge in [0.05, 0.1) is 6.04 Å². The molecule has 78 valence electrons. The molecule has 0 saturated carbocycles. The fourth-order valence-electron chi connectivity index (χ4n) is 1.90. The zero-order valence-corrected chi connectivity index (χ0v) is 8.76. The molecule has 1 aromatic heterocycles. The van der Waals surface area contributed by atoms with Gasteiger partial charge in [-0.15, -0.1) is 0 Å². The van der Waals surface area contributed by atoms with E-state index in [4.69, 9.17) is 0 Å². The van der Waals surface area contributed by atoms with Crippen molar-refractivity contribution in [1.29, 1.82) is 0 Å². The minimum Gasteiger partial charge on any atom is -0.332 e. The standard InChI is InChI=1S/C12H14N2O/c1-10(15)14-8-3-2-6-12(14)11-5-4-7-13-9-11/h2-5,7,9,12H,6,8H2,1H3. The molecule has 0 N–H and O–H groups in total. The van der Waals surface area contributed by atoms with E-state index in [1.807, 2.05) is 29.3 Å². The van der Waals surface area contributed by atoms with Crippen molar-refractivity contribution in [2.45, 2.75) is 19.4 Å². The van der Waals surface area contributed by atoms with Crippen molar-refractivity contribution >= 4 is 5.91 Å². The van der Waals surface area contributed by atoms with Gasteiger partial charge in [-0.2, -0.15) is 0 Å². The first-order chi connectivity index (χ1) is 7.29. The summed E-state index contributed by atoms with van der Waals surface area (Å²) in [6, 6.07) is 4.08. The summed E-state index contributed by atoms with van der Waals surface area (Å²) in [5, 5.41) is 0. The molecule has 0 saturated heterocycles. The van der Waals surface area contributed by atoms with Crippen LogP contribution in [0.15, 0.2) is 36.7 Å². The number of carbonyl (C=O) groups excluding carboxylic acids is 1. The van der Waals surface area contributed by atoms with Crippen molar-refractivity contribution in [2.75, 3.05) is 6.54 Å². The largest absolute Gasteiger partial charge is 0.332 e. The first kappa shape index (κ1) is 9.90. The van der Waals surface area contributed by atoms with Crippen LogP contribution in [0.4, 0.5) is 0 Å². The molecule has 0 bridgehead atoms. The fraction of sp³-hybridized carbons (Fsp3) is 0.333.